The topological polar surface area (TPSA) is 95.9 Å². The predicted octanol–water partition coefficient (Wildman–Crippen LogP) is 0.637. The van der Waals surface area contributed by atoms with E-state index in [1.54, 1.807) is 24.3 Å². The predicted molar refractivity (Wildman–Crippen MR) is 58.9 cm³/mol. The molecule has 82 valence electrons. The van der Waals surface area contributed by atoms with Crippen LogP contribution in [-0.4, -0.2) is 22.1 Å². The van der Waals surface area contributed by atoms with Crippen LogP contribution >= 0.6 is 7.37 Å². The number of hydrogen-bond donors (Lipinski definition) is 3. The molecule has 0 fully saturated rings. The van der Waals surface area contributed by atoms with Gasteiger partial charge >= 0.3 is 0 Å². The number of amidine groups is 1. The lowest BCUT2D eigenvalue weighted by molar-refractivity contribution is 0.318. The van der Waals surface area contributed by atoms with Crippen molar-refractivity contribution in [3.05, 3.63) is 29.8 Å². The zero-order chi connectivity index (χ0) is 11.5. The second-order valence-corrected chi connectivity index (χ2v) is 5.52. The molecule has 0 saturated heterocycles. The first-order valence-corrected chi connectivity index (χ1v) is 6.15. The van der Waals surface area contributed by atoms with Crippen LogP contribution in [0.5, 0.6) is 0 Å². The van der Waals surface area contributed by atoms with Crippen molar-refractivity contribution >= 4 is 18.5 Å². The number of nitrogens with two attached hydrogens (primary N) is 1. The fraction of sp³-hybridized carbons (Fsp3) is 0.222. The summed E-state index contributed by atoms with van der Waals surface area (Å²) in [5, 5.41) is 11.3. The molecule has 0 bridgehead atoms. The Morgan fingerprint density at radius 3 is 2.47 bits per heavy atom. The first kappa shape index (κ1) is 11.8. The van der Waals surface area contributed by atoms with Crippen LogP contribution in [0.4, 0.5) is 0 Å². The highest BCUT2D eigenvalue weighted by Gasteiger charge is 2.22. The van der Waals surface area contributed by atoms with Crippen LogP contribution in [0.15, 0.2) is 29.4 Å². The van der Waals surface area contributed by atoms with Crippen LogP contribution in [0.1, 0.15) is 5.56 Å². The van der Waals surface area contributed by atoms with Crippen molar-refractivity contribution in [2.75, 3.05) is 6.16 Å². The van der Waals surface area contributed by atoms with Gasteiger partial charge in [0.25, 0.3) is 0 Å². The highest BCUT2D eigenvalue weighted by molar-refractivity contribution is 7.66. The average Bonchev–Trinajstić information content (AvgIpc) is 2.17. The summed E-state index contributed by atoms with van der Waals surface area (Å²) in [6.07, 6.45) is -0.341. The molecule has 1 unspecified atom stereocenters. The van der Waals surface area contributed by atoms with Crippen LogP contribution in [0.25, 0.3) is 0 Å². The van der Waals surface area contributed by atoms with Crippen molar-refractivity contribution in [2.45, 2.75) is 6.92 Å². The molecule has 1 rings (SSSR count). The second kappa shape index (κ2) is 4.47. The SMILES string of the molecule is Cc1ccc(P(=O)(O)CC(N)=NO)cc1. The number of oxime groups is 1. The van der Waals surface area contributed by atoms with Gasteiger partial charge in [0.05, 0.1) is 6.16 Å². The van der Waals surface area contributed by atoms with E-state index in [0.29, 0.717) is 5.30 Å². The smallest absolute Gasteiger partial charge is 0.237 e. The minimum absolute atomic E-state index is 0.249. The monoisotopic (exact) mass is 228 g/mol. The summed E-state index contributed by atoms with van der Waals surface area (Å²) in [6, 6.07) is 6.62. The number of benzene rings is 1. The van der Waals surface area contributed by atoms with Gasteiger partial charge in [-0.2, -0.15) is 0 Å². The van der Waals surface area contributed by atoms with Gasteiger partial charge in [0.2, 0.25) is 7.37 Å². The summed E-state index contributed by atoms with van der Waals surface area (Å²) in [4.78, 5) is 9.66. The fourth-order valence-electron chi connectivity index (χ4n) is 1.12. The fourth-order valence-corrected chi connectivity index (χ4v) is 2.42. The molecule has 0 spiro atoms. The second-order valence-electron chi connectivity index (χ2n) is 3.29. The Morgan fingerprint density at radius 2 is 2.00 bits per heavy atom. The van der Waals surface area contributed by atoms with Crippen LogP contribution in [-0.2, 0) is 4.57 Å². The van der Waals surface area contributed by atoms with E-state index in [9.17, 15) is 9.46 Å². The number of nitrogens with zero attached hydrogens (tertiary/aromatic N) is 1. The van der Waals surface area contributed by atoms with Gasteiger partial charge in [0.15, 0.2) is 0 Å². The van der Waals surface area contributed by atoms with Gasteiger partial charge in [0.1, 0.15) is 5.84 Å². The van der Waals surface area contributed by atoms with Crippen LogP contribution in [0.3, 0.4) is 0 Å². The summed E-state index contributed by atoms with van der Waals surface area (Å²) in [5.74, 6) is -0.249. The maximum absolute atomic E-state index is 11.8. The van der Waals surface area contributed by atoms with Gasteiger partial charge in [0, 0.05) is 5.30 Å². The summed E-state index contributed by atoms with van der Waals surface area (Å²) in [7, 11) is -3.55. The third kappa shape index (κ3) is 3.08. The molecule has 0 radical (unpaired) electrons. The number of aryl methyl sites for hydroxylation is 1. The minimum atomic E-state index is -3.55. The van der Waals surface area contributed by atoms with Gasteiger partial charge < -0.3 is 15.8 Å². The Morgan fingerprint density at radius 1 is 1.47 bits per heavy atom. The zero-order valence-corrected chi connectivity index (χ0v) is 9.19. The molecule has 6 heteroatoms. The van der Waals surface area contributed by atoms with Gasteiger partial charge in [-0.1, -0.05) is 22.9 Å². The average molecular weight is 228 g/mol. The molecule has 0 aliphatic heterocycles. The van der Waals surface area contributed by atoms with Crippen LogP contribution in [0.2, 0.25) is 0 Å². The van der Waals surface area contributed by atoms with E-state index in [1.165, 1.54) is 0 Å². The summed E-state index contributed by atoms with van der Waals surface area (Å²) < 4.78 is 11.8. The Bertz CT molecular complexity index is 414. The normalized spacial score (nSPS) is 16.0. The molecule has 0 heterocycles. The molecule has 0 aliphatic carbocycles. The standard InChI is InChI=1S/C9H13N2O3P/c1-7-2-4-8(5-3-7)15(13,14)6-9(10)11-12/h2-5,12H,6H2,1H3,(H2,10,11)(H,13,14). The molecule has 0 amide bonds. The number of hydrogen-bond acceptors (Lipinski definition) is 3. The van der Waals surface area contributed by atoms with Gasteiger partial charge in [-0.15, -0.1) is 0 Å². The first-order chi connectivity index (χ1) is 6.95. The van der Waals surface area contributed by atoms with E-state index in [-0.39, 0.29) is 12.0 Å². The molecule has 0 aliphatic rings. The highest BCUT2D eigenvalue weighted by atomic mass is 31.2. The van der Waals surface area contributed by atoms with Crippen LogP contribution < -0.4 is 11.0 Å². The van der Waals surface area contributed by atoms with Gasteiger partial charge in [-0.25, -0.2) is 0 Å². The Kier molecular flexibility index (Phi) is 3.50. The molecular weight excluding hydrogens is 215 g/mol. The Hall–Kier alpha value is -1.32. The quantitative estimate of drug-likeness (QED) is 0.232. The lowest BCUT2D eigenvalue weighted by Crippen LogP contribution is -2.20. The number of rotatable bonds is 3. The molecule has 0 saturated carbocycles. The molecule has 1 atom stereocenters. The molecular formula is C9H13N2O3P. The summed E-state index contributed by atoms with van der Waals surface area (Å²) in [5.41, 5.74) is 6.20. The molecule has 1 aromatic carbocycles. The first-order valence-electron chi connectivity index (χ1n) is 4.31. The van der Waals surface area contributed by atoms with Crippen molar-refractivity contribution in [2.24, 2.45) is 10.9 Å². The maximum atomic E-state index is 11.8. The Balaban J connectivity index is 2.96. The van der Waals surface area contributed by atoms with Crippen molar-refractivity contribution in [1.29, 1.82) is 0 Å². The van der Waals surface area contributed by atoms with Gasteiger partial charge in [-0.05, 0) is 19.1 Å². The molecule has 1 aromatic rings. The van der Waals surface area contributed by atoms with Gasteiger partial charge in [-0.3, -0.25) is 4.57 Å². The van der Waals surface area contributed by atoms with E-state index >= 15 is 0 Å². The Labute approximate surface area is 87.7 Å². The van der Waals surface area contributed by atoms with Crippen molar-refractivity contribution < 1.29 is 14.7 Å². The van der Waals surface area contributed by atoms with E-state index in [2.05, 4.69) is 5.16 Å². The van der Waals surface area contributed by atoms with E-state index < -0.39 is 7.37 Å². The maximum Gasteiger partial charge on any atom is 0.237 e. The van der Waals surface area contributed by atoms with Crippen molar-refractivity contribution in [3.63, 3.8) is 0 Å². The largest absolute Gasteiger partial charge is 0.409 e. The zero-order valence-electron chi connectivity index (χ0n) is 8.29. The lowest BCUT2D eigenvalue weighted by atomic mass is 10.2. The minimum Gasteiger partial charge on any atom is -0.409 e. The molecule has 4 N–H and O–H groups in total. The van der Waals surface area contributed by atoms with E-state index in [1.807, 2.05) is 6.92 Å². The molecule has 5 nitrogen and oxygen atoms in total. The van der Waals surface area contributed by atoms with Crippen LogP contribution in [0, 0.1) is 6.92 Å². The molecule has 0 aromatic heterocycles. The van der Waals surface area contributed by atoms with E-state index in [0.717, 1.165) is 5.56 Å². The van der Waals surface area contributed by atoms with Crippen molar-refractivity contribution in [3.8, 4) is 0 Å². The third-order valence-electron chi connectivity index (χ3n) is 1.94. The lowest BCUT2D eigenvalue weighted by Gasteiger charge is -2.10. The van der Waals surface area contributed by atoms with E-state index in [4.69, 9.17) is 10.9 Å². The van der Waals surface area contributed by atoms with Crippen molar-refractivity contribution in [1.82, 2.24) is 0 Å². The summed E-state index contributed by atoms with van der Waals surface area (Å²) in [6.45, 7) is 1.88. The summed E-state index contributed by atoms with van der Waals surface area (Å²) >= 11 is 0. The molecule has 15 heavy (non-hydrogen) atoms. The third-order valence-corrected chi connectivity index (χ3v) is 3.80. The highest BCUT2D eigenvalue weighted by Crippen LogP contribution is 2.38.